The Morgan fingerprint density at radius 1 is 1.37 bits per heavy atom. The quantitative estimate of drug-likeness (QED) is 0.739. The molecular weight excluding hydrogens is 344 g/mol. The summed E-state index contributed by atoms with van der Waals surface area (Å²) in [6.45, 7) is 0.611. The zero-order valence-electron chi connectivity index (χ0n) is 19.0. The lowest BCUT2D eigenvalue weighted by Crippen LogP contribution is -2.73. The highest BCUT2D eigenvalue weighted by Gasteiger charge is 2.65. The number of hydrogen-bond donors (Lipinski definition) is 3. The van der Waals surface area contributed by atoms with Crippen molar-refractivity contribution in [3.05, 3.63) is 28.8 Å². The number of carbonyl (C=O) groups is 2. The van der Waals surface area contributed by atoms with Gasteiger partial charge in [-0.25, -0.2) is 0 Å². The maximum atomic E-state index is 12.5. The van der Waals surface area contributed by atoms with E-state index in [0.717, 1.165) is 5.56 Å². The number of Topliss-reactive ketones (excluding diaryl/α,β-unsaturated/α-hetero) is 1. The minimum atomic E-state index is -1.91. The van der Waals surface area contributed by atoms with Crippen molar-refractivity contribution in [3.63, 3.8) is 0 Å². The molecule has 6 nitrogen and oxygen atoms in total. The number of piperidine rings is 1. The number of primary amides is 1. The van der Waals surface area contributed by atoms with E-state index >= 15 is 0 Å². The fourth-order valence-corrected chi connectivity index (χ4v) is 5.81. The van der Waals surface area contributed by atoms with Crippen LogP contribution in [0.25, 0.3) is 0 Å². The molecule has 5 rings (SSSR count). The highest BCUT2D eigenvalue weighted by molar-refractivity contribution is 5.96. The summed E-state index contributed by atoms with van der Waals surface area (Å²) >= 11 is 0. The average molecular weight is 374 g/mol. The predicted molar refractivity (Wildman–Crippen MR) is 98.5 cm³/mol. The minimum absolute atomic E-state index is 0.0107. The van der Waals surface area contributed by atoms with E-state index in [1.54, 1.807) is 6.07 Å². The summed E-state index contributed by atoms with van der Waals surface area (Å²) in [5, 5.41) is 23.0. The third kappa shape index (κ3) is 2.26. The van der Waals surface area contributed by atoms with Crippen LogP contribution in [0.2, 0.25) is 0 Å². The second-order valence-corrected chi connectivity index (χ2v) is 8.39. The number of ketones is 1. The van der Waals surface area contributed by atoms with Crippen LogP contribution in [-0.2, 0) is 16.6 Å². The number of likely N-dealkylation sites (tertiary alicyclic amines) is 1. The number of rotatable bonds is 3. The summed E-state index contributed by atoms with van der Waals surface area (Å²) < 4.78 is 31.8. The number of hydrogen-bond acceptors (Lipinski definition) is 5. The molecule has 0 aromatic heterocycles. The van der Waals surface area contributed by atoms with E-state index in [1.165, 1.54) is 6.07 Å². The molecule has 4 N–H and O–H groups in total. The number of phenols is 1. The third-order valence-electron chi connectivity index (χ3n) is 7.12. The van der Waals surface area contributed by atoms with Gasteiger partial charge in [0.05, 0.1) is 11.2 Å². The van der Waals surface area contributed by atoms with Gasteiger partial charge in [0.15, 0.2) is 0 Å². The van der Waals surface area contributed by atoms with Crippen molar-refractivity contribution in [2.75, 3.05) is 13.1 Å². The number of benzene rings is 1. The summed E-state index contributed by atoms with van der Waals surface area (Å²) in [4.78, 5) is 26.3. The molecule has 1 amide bonds. The first-order valence-corrected chi connectivity index (χ1v) is 9.50. The lowest BCUT2D eigenvalue weighted by molar-refractivity contribution is -0.173. The van der Waals surface area contributed by atoms with Gasteiger partial charge in [0.1, 0.15) is 11.5 Å². The fourth-order valence-electron chi connectivity index (χ4n) is 5.81. The van der Waals surface area contributed by atoms with E-state index in [4.69, 9.17) is 11.2 Å². The van der Waals surface area contributed by atoms with Gasteiger partial charge >= 0.3 is 0 Å². The summed E-state index contributed by atoms with van der Waals surface area (Å²) in [5.41, 5.74) is 4.17. The van der Waals surface area contributed by atoms with Crippen molar-refractivity contribution in [2.24, 2.45) is 11.7 Å². The van der Waals surface area contributed by atoms with Crippen molar-refractivity contribution in [1.29, 1.82) is 0 Å². The van der Waals surface area contributed by atoms with Crippen LogP contribution in [0.5, 0.6) is 5.75 Å². The maximum absolute atomic E-state index is 12.5. The topological polar surface area (TPSA) is 104 Å². The summed E-state index contributed by atoms with van der Waals surface area (Å²) in [5.74, 6) is -1.84. The van der Waals surface area contributed by atoms with E-state index in [0.29, 0.717) is 24.9 Å². The van der Waals surface area contributed by atoms with Crippen molar-refractivity contribution in [1.82, 2.24) is 4.90 Å². The Hall–Kier alpha value is -1.92. The first kappa shape index (κ1) is 13.3. The summed E-state index contributed by atoms with van der Waals surface area (Å²) in [7, 11) is 0. The van der Waals surface area contributed by atoms with Crippen LogP contribution >= 0.6 is 0 Å². The van der Waals surface area contributed by atoms with Gasteiger partial charge in [0.2, 0.25) is 0 Å². The lowest BCUT2D eigenvalue weighted by Gasteiger charge is -2.63. The molecule has 0 spiro atoms. The number of fused-ring (bicyclic) bond motifs is 1. The van der Waals surface area contributed by atoms with Gasteiger partial charge in [-0.3, -0.25) is 14.5 Å². The van der Waals surface area contributed by atoms with Crippen LogP contribution in [-0.4, -0.2) is 51.5 Å². The molecule has 1 aromatic carbocycles. The van der Waals surface area contributed by atoms with Crippen molar-refractivity contribution >= 4 is 11.7 Å². The minimum Gasteiger partial charge on any atom is -0.507 e. The lowest BCUT2D eigenvalue weighted by atomic mass is 9.49. The van der Waals surface area contributed by atoms with Gasteiger partial charge in [-0.15, -0.1) is 0 Å². The third-order valence-corrected chi connectivity index (χ3v) is 7.12. The highest BCUT2D eigenvalue weighted by Crippen LogP contribution is 2.60. The Morgan fingerprint density at radius 3 is 2.85 bits per heavy atom. The number of nitrogens with two attached hydrogens (primary N) is 1. The van der Waals surface area contributed by atoms with Crippen LogP contribution in [0, 0.1) is 5.92 Å². The molecule has 3 aliphatic carbocycles. The SMILES string of the molecule is [2H]C1([2H])C(CN2CC[C@]34CC(=O)CC[C@@]3(O)[C@H]2Cc2ccc(C(N)=O)c(O)c24)C1([2H])[2H]. The first-order chi connectivity index (χ1) is 14.4. The Morgan fingerprint density at radius 2 is 2.15 bits per heavy atom. The van der Waals surface area contributed by atoms with Crippen LogP contribution in [0.15, 0.2) is 12.1 Å². The molecule has 27 heavy (non-hydrogen) atoms. The van der Waals surface area contributed by atoms with E-state index in [2.05, 4.69) is 0 Å². The van der Waals surface area contributed by atoms with Crippen molar-refractivity contribution in [3.8, 4) is 5.75 Å². The van der Waals surface area contributed by atoms with E-state index in [1.807, 2.05) is 4.90 Å². The summed E-state index contributed by atoms with van der Waals surface area (Å²) in [6.07, 6.45) is -2.65. The highest BCUT2D eigenvalue weighted by atomic mass is 16.3. The van der Waals surface area contributed by atoms with E-state index in [-0.39, 0.29) is 42.9 Å². The van der Waals surface area contributed by atoms with E-state index in [9.17, 15) is 19.8 Å². The Kier molecular flexibility index (Phi) is 2.73. The standard InChI is InChI=1S/C21H26N2O4/c22-19(26)15-4-3-13-9-16-21(27)6-5-14(24)10-20(21,17(13)18(15)25)7-8-23(16)11-12-1-2-12/h3-4,12,16,25,27H,1-2,5-11H2,(H2,22,26)/t16-,20-,21-/m1/s1/i1D2,2D2. The molecule has 2 bridgehead atoms. The number of nitrogens with zero attached hydrogens (tertiary/aromatic N) is 1. The number of aromatic hydroxyl groups is 1. The molecule has 1 aromatic rings. The Balaban J connectivity index is 1.62. The number of carbonyl (C=O) groups excluding carboxylic acids is 2. The molecule has 6 heteroatoms. The zero-order valence-corrected chi connectivity index (χ0v) is 15.0. The molecule has 4 aliphatic rings. The summed E-state index contributed by atoms with van der Waals surface area (Å²) in [6, 6.07) is 2.73. The first-order valence-electron chi connectivity index (χ1n) is 11.5. The monoisotopic (exact) mass is 374 g/mol. The molecule has 1 saturated heterocycles. The molecular formula is C21H26N2O4. The smallest absolute Gasteiger partial charge is 0.252 e. The number of amides is 1. The molecule has 1 aliphatic heterocycles. The second kappa shape index (κ2) is 5.55. The zero-order chi connectivity index (χ0) is 22.6. The van der Waals surface area contributed by atoms with Crippen LogP contribution in [0.1, 0.15) is 65.4 Å². The number of aliphatic hydroxyl groups is 1. The fraction of sp³-hybridized carbons (Fsp3) is 0.619. The van der Waals surface area contributed by atoms with Crippen LogP contribution < -0.4 is 5.73 Å². The van der Waals surface area contributed by atoms with Gasteiger partial charge in [-0.2, -0.15) is 0 Å². The molecule has 0 radical (unpaired) electrons. The van der Waals surface area contributed by atoms with Crippen molar-refractivity contribution < 1.29 is 25.3 Å². The molecule has 1 heterocycles. The second-order valence-electron chi connectivity index (χ2n) is 8.39. The molecule has 144 valence electrons. The predicted octanol–water partition coefficient (Wildman–Crippen LogP) is 1.25. The van der Waals surface area contributed by atoms with Crippen LogP contribution in [0.3, 0.4) is 0 Å². The maximum Gasteiger partial charge on any atom is 0.252 e. The van der Waals surface area contributed by atoms with Crippen LogP contribution in [0.4, 0.5) is 0 Å². The Labute approximate surface area is 164 Å². The van der Waals surface area contributed by atoms with E-state index < -0.39 is 41.6 Å². The Bertz CT molecular complexity index is 1000. The van der Waals surface area contributed by atoms with Gasteiger partial charge in [-0.1, -0.05) is 6.07 Å². The molecule has 0 unspecified atom stereocenters. The van der Waals surface area contributed by atoms with Gasteiger partial charge < -0.3 is 15.9 Å². The molecule has 3 fully saturated rings. The average Bonchev–Trinajstić information content (AvgIpc) is 3.05. The van der Waals surface area contributed by atoms with Gasteiger partial charge in [0.25, 0.3) is 5.91 Å². The normalized spacial score (nSPS) is 41.4. The largest absolute Gasteiger partial charge is 0.507 e. The van der Waals surface area contributed by atoms with Gasteiger partial charge in [-0.05, 0) is 56.1 Å². The molecule has 3 atom stereocenters. The molecule has 2 saturated carbocycles. The van der Waals surface area contributed by atoms with Gasteiger partial charge in [0, 0.05) is 41.9 Å². The van der Waals surface area contributed by atoms with Crippen molar-refractivity contribution in [2.45, 2.75) is 61.9 Å².